The zero-order valence-electron chi connectivity index (χ0n) is 13.3. The summed E-state index contributed by atoms with van der Waals surface area (Å²) in [5.74, 6) is 2.27. The summed E-state index contributed by atoms with van der Waals surface area (Å²) in [4.78, 5) is 11.2. The number of rotatable bonds is 6. The second kappa shape index (κ2) is 7.02. The summed E-state index contributed by atoms with van der Waals surface area (Å²) in [6.07, 6.45) is 6.19. The van der Waals surface area contributed by atoms with Gasteiger partial charge in [-0.25, -0.2) is 9.97 Å². The van der Waals surface area contributed by atoms with Crippen molar-refractivity contribution in [2.24, 2.45) is 0 Å². The zero-order chi connectivity index (χ0) is 15.4. The average molecular weight is 304 g/mol. The van der Waals surface area contributed by atoms with E-state index in [1.165, 1.54) is 12.1 Å². The molecule has 1 N–H and O–H groups in total. The van der Waals surface area contributed by atoms with Crippen LogP contribution in [0.25, 0.3) is 0 Å². The van der Waals surface area contributed by atoms with Crippen molar-refractivity contribution in [2.45, 2.75) is 38.8 Å². The highest BCUT2D eigenvalue weighted by Gasteiger charge is 2.24. The molecular weight excluding hydrogens is 280 g/mol. The molecule has 0 amide bonds. The van der Waals surface area contributed by atoms with E-state index in [1.54, 1.807) is 7.11 Å². The summed E-state index contributed by atoms with van der Waals surface area (Å²) < 4.78 is 7.33. The molecule has 2 aromatic heterocycles. The Morgan fingerprint density at radius 3 is 3.14 bits per heavy atom. The molecule has 0 spiro atoms. The lowest BCUT2D eigenvalue weighted by atomic mass is 9.97. The molecule has 0 unspecified atom stereocenters. The molecule has 1 atom stereocenters. The average Bonchev–Trinajstić information content (AvgIpc) is 3.15. The summed E-state index contributed by atoms with van der Waals surface area (Å²) in [5.41, 5.74) is 1.24. The number of nitrogens with zero attached hydrogens (tertiary/aromatic N) is 5. The fraction of sp³-hybridized carbons (Fsp3) is 0.667. The van der Waals surface area contributed by atoms with Crippen molar-refractivity contribution < 1.29 is 4.74 Å². The summed E-state index contributed by atoms with van der Waals surface area (Å²) in [7, 11) is 1.73. The van der Waals surface area contributed by atoms with Gasteiger partial charge in [-0.15, -0.1) is 0 Å². The van der Waals surface area contributed by atoms with Crippen molar-refractivity contribution in [3.63, 3.8) is 0 Å². The second-order valence-corrected chi connectivity index (χ2v) is 5.92. The summed E-state index contributed by atoms with van der Waals surface area (Å²) in [6, 6.07) is 0. The largest absolute Gasteiger partial charge is 0.383 e. The number of ether oxygens (including phenoxy) is 1. The van der Waals surface area contributed by atoms with E-state index in [0.717, 1.165) is 44.2 Å². The third kappa shape index (κ3) is 3.53. The highest BCUT2D eigenvalue weighted by atomic mass is 16.5. The summed E-state index contributed by atoms with van der Waals surface area (Å²) in [5, 5.41) is 7.28. The van der Waals surface area contributed by atoms with Crippen LogP contribution in [0.5, 0.6) is 0 Å². The molecule has 1 aliphatic rings. The molecule has 1 fully saturated rings. The molecule has 2 aromatic rings. The molecule has 3 rings (SSSR count). The molecular formula is C15H24N6O. The summed E-state index contributed by atoms with van der Waals surface area (Å²) >= 11 is 0. The Bertz CT molecular complexity index is 592. The Labute approximate surface area is 130 Å². The smallest absolute Gasteiger partial charge is 0.155 e. The molecule has 7 heteroatoms. The van der Waals surface area contributed by atoms with Gasteiger partial charge in [-0.3, -0.25) is 10.00 Å². The third-order valence-electron chi connectivity index (χ3n) is 4.21. The van der Waals surface area contributed by atoms with Crippen LogP contribution < -0.4 is 0 Å². The number of imidazole rings is 1. The van der Waals surface area contributed by atoms with E-state index in [9.17, 15) is 0 Å². The summed E-state index contributed by atoms with van der Waals surface area (Å²) in [6.45, 7) is 6.56. The maximum Gasteiger partial charge on any atom is 0.155 e. The fourth-order valence-electron chi connectivity index (χ4n) is 3.05. The molecule has 0 radical (unpaired) electrons. The lowest BCUT2D eigenvalue weighted by Crippen LogP contribution is -2.35. The van der Waals surface area contributed by atoms with Crippen LogP contribution in [-0.2, 0) is 17.8 Å². The lowest BCUT2D eigenvalue weighted by Gasteiger charge is -2.31. The van der Waals surface area contributed by atoms with Crippen LogP contribution >= 0.6 is 0 Å². The molecule has 3 heterocycles. The number of aromatic amines is 1. The molecule has 1 saturated heterocycles. The molecule has 0 saturated carbocycles. The van der Waals surface area contributed by atoms with Crippen LogP contribution in [0.2, 0.25) is 0 Å². The normalized spacial score (nSPS) is 19.6. The highest BCUT2D eigenvalue weighted by molar-refractivity contribution is 5.03. The third-order valence-corrected chi connectivity index (χ3v) is 4.21. The van der Waals surface area contributed by atoms with Gasteiger partial charge in [0.2, 0.25) is 0 Å². The second-order valence-electron chi connectivity index (χ2n) is 5.92. The van der Waals surface area contributed by atoms with Gasteiger partial charge < -0.3 is 9.30 Å². The monoisotopic (exact) mass is 304 g/mol. The van der Waals surface area contributed by atoms with E-state index >= 15 is 0 Å². The minimum Gasteiger partial charge on any atom is -0.383 e. The quantitative estimate of drug-likeness (QED) is 0.872. The van der Waals surface area contributed by atoms with Gasteiger partial charge in [0.1, 0.15) is 5.82 Å². The topological polar surface area (TPSA) is 71.9 Å². The number of aromatic nitrogens is 5. The zero-order valence-corrected chi connectivity index (χ0v) is 13.3. The SMILES string of the molecule is COCCn1cncc1CN1CCC[C@H](c2n[nH]c(C)n2)C1. The van der Waals surface area contributed by atoms with Crippen molar-refractivity contribution in [1.82, 2.24) is 29.6 Å². The van der Waals surface area contributed by atoms with Gasteiger partial charge in [0.05, 0.1) is 18.6 Å². The van der Waals surface area contributed by atoms with Crippen molar-refractivity contribution in [2.75, 3.05) is 26.8 Å². The van der Waals surface area contributed by atoms with Gasteiger partial charge in [0, 0.05) is 38.9 Å². The van der Waals surface area contributed by atoms with Crippen molar-refractivity contribution in [3.05, 3.63) is 29.9 Å². The Balaban J connectivity index is 1.62. The first-order valence-electron chi connectivity index (χ1n) is 7.85. The van der Waals surface area contributed by atoms with Gasteiger partial charge in [-0.2, -0.15) is 5.10 Å². The van der Waals surface area contributed by atoms with Crippen LogP contribution in [0.1, 0.15) is 36.1 Å². The number of nitrogens with one attached hydrogen (secondary N) is 1. The Kier molecular flexibility index (Phi) is 4.84. The molecule has 22 heavy (non-hydrogen) atoms. The predicted octanol–water partition coefficient (Wildman–Crippen LogP) is 1.34. The van der Waals surface area contributed by atoms with Crippen LogP contribution in [0.4, 0.5) is 0 Å². The van der Waals surface area contributed by atoms with E-state index < -0.39 is 0 Å². The van der Waals surface area contributed by atoms with Crippen molar-refractivity contribution in [1.29, 1.82) is 0 Å². The number of piperidine rings is 1. The number of H-pyrrole nitrogens is 1. The number of hydrogen-bond acceptors (Lipinski definition) is 5. The van der Waals surface area contributed by atoms with Gasteiger partial charge >= 0.3 is 0 Å². The molecule has 7 nitrogen and oxygen atoms in total. The van der Waals surface area contributed by atoms with Crippen LogP contribution in [0.15, 0.2) is 12.5 Å². The van der Waals surface area contributed by atoms with Gasteiger partial charge in [-0.05, 0) is 26.3 Å². The maximum atomic E-state index is 5.16. The first kappa shape index (κ1) is 15.2. The lowest BCUT2D eigenvalue weighted by molar-refractivity contribution is 0.176. The van der Waals surface area contributed by atoms with Crippen molar-refractivity contribution in [3.8, 4) is 0 Å². The number of hydrogen-bond donors (Lipinski definition) is 1. The van der Waals surface area contributed by atoms with Gasteiger partial charge in [0.15, 0.2) is 5.82 Å². The first-order valence-corrected chi connectivity index (χ1v) is 7.85. The molecule has 1 aliphatic heterocycles. The Morgan fingerprint density at radius 1 is 1.45 bits per heavy atom. The van der Waals surface area contributed by atoms with Crippen LogP contribution in [-0.4, -0.2) is 56.4 Å². The first-order chi connectivity index (χ1) is 10.8. The predicted molar refractivity (Wildman–Crippen MR) is 82.5 cm³/mol. The van der Waals surface area contributed by atoms with Crippen LogP contribution in [0.3, 0.4) is 0 Å². The Hall–Kier alpha value is -1.73. The van der Waals surface area contributed by atoms with E-state index in [2.05, 4.69) is 29.6 Å². The Morgan fingerprint density at radius 2 is 2.36 bits per heavy atom. The van der Waals surface area contributed by atoms with E-state index in [0.29, 0.717) is 12.5 Å². The van der Waals surface area contributed by atoms with Crippen molar-refractivity contribution >= 4 is 0 Å². The molecule has 120 valence electrons. The van der Waals surface area contributed by atoms with Gasteiger partial charge in [0.25, 0.3) is 0 Å². The van der Waals surface area contributed by atoms with Crippen LogP contribution in [0, 0.1) is 6.92 Å². The minimum atomic E-state index is 0.425. The number of aryl methyl sites for hydroxylation is 1. The molecule has 0 aromatic carbocycles. The minimum absolute atomic E-state index is 0.425. The fourth-order valence-corrected chi connectivity index (χ4v) is 3.05. The van der Waals surface area contributed by atoms with Gasteiger partial charge in [-0.1, -0.05) is 0 Å². The highest BCUT2D eigenvalue weighted by Crippen LogP contribution is 2.25. The standard InChI is InChI=1S/C15H24N6O/c1-12-17-15(19-18-12)13-4-3-5-20(9-13)10-14-8-16-11-21(14)6-7-22-2/h8,11,13H,3-7,9-10H2,1-2H3,(H,17,18,19)/t13-/m0/s1. The number of likely N-dealkylation sites (tertiary alicyclic amines) is 1. The van der Waals surface area contributed by atoms with E-state index in [1.807, 2.05) is 19.4 Å². The molecule has 0 bridgehead atoms. The number of methoxy groups -OCH3 is 1. The molecule has 0 aliphatic carbocycles. The van der Waals surface area contributed by atoms with E-state index in [4.69, 9.17) is 4.74 Å². The maximum absolute atomic E-state index is 5.16. The van der Waals surface area contributed by atoms with E-state index in [-0.39, 0.29) is 0 Å².